The highest BCUT2D eigenvalue weighted by molar-refractivity contribution is 7.90. The topological polar surface area (TPSA) is 88.6 Å². The van der Waals surface area contributed by atoms with Crippen molar-refractivity contribution in [3.05, 3.63) is 60.4 Å². The fourth-order valence-electron chi connectivity index (χ4n) is 2.68. The predicted octanol–water partition coefficient (Wildman–Crippen LogP) is 3.80. The van der Waals surface area contributed by atoms with Gasteiger partial charge in [0.15, 0.2) is 9.84 Å². The molecule has 4 aromatic rings. The lowest BCUT2D eigenvalue weighted by molar-refractivity contribution is 0.602. The third-order valence-corrected chi connectivity index (χ3v) is 6.31. The Labute approximate surface area is 158 Å². The van der Waals surface area contributed by atoms with E-state index < -0.39 is 9.84 Å². The molecule has 0 radical (unpaired) electrons. The van der Waals surface area contributed by atoms with Crippen molar-refractivity contribution in [2.45, 2.75) is 4.90 Å². The summed E-state index contributed by atoms with van der Waals surface area (Å²) in [6, 6.07) is 14.8. The van der Waals surface area contributed by atoms with Gasteiger partial charge in [-0.3, -0.25) is 0 Å². The first-order valence-corrected chi connectivity index (χ1v) is 10.6. The normalized spacial score (nSPS) is 11.6. The van der Waals surface area contributed by atoms with E-state index in [1.807, 2.05) is 6.07 Å². The summed E-state index contributed by atoms with van der Waals surface area (Å²) in [4.78, 5) is 1.95. The average molecular weight is 400 g/mol. The van der Waals surface area contributed by atoms with Gasteiger partial charge in [-0.1, -0.05) is 24.3 Å². The van der Waals surface area contributed by atoms with E-state index in [-0.39, 0.29) is 10.7 Å². The van der Waals surface area contributed by atoms with Gasteiger partial charge < -0.3 is 0 Å². The minimum atomic E-state index is -3.27. The number of rotatable bonds is 4. The van der Waals surface area contributed by atoms with Crippen LogP contribution < -0.4 is 0 Å². The molecule has 0 amide bonds. The number of hydrogen-bond donors (Lipinski definition) is 1. The molecule has 2 heterocycles. The average Bonchev–Trinajstić information content (AvgIpc) is 3.31. The van der Waals surface area contributed by atoms with E-state index in [1.54, 1.807) is 36.4 Å². The Hall–Kier alpha value is -2.91. The highest BCUT2D eigenvalue weighted by Gasteiger charge is 2.17. The maximum Gasteiger partial charge on any atom is 0.214 e. The smallest absolute Gasteiger partial charge is 0.214 e. The molecule has 0 unspecified atom stereocenters. The third kappa shape index (κ3) is 3.51. The summed E-state index contributed by atoms with van der Waals surface area (Å²) in [5.41, 5.74) is 2.57. The molecule has 0 aliphatic carbocycles. The van der Waals surface area contributed by atoms with Crippen LogP contribution in [-0.2, 0) is 9.84 Å². The van der Waals surface area contributed by atoms with Gasteiger partial charge in [0.05, 0.1) is 9.77 Å². The van der Waals surface area contributed by atoms with Crippen LogP contribution in [-0.4, -0.2) is 35.3 Å². The Morgan fingerprint density at radius 3 is 2.26 bits per heavy atom. The molecule has 0 atom stereocenters. The highest BCUT2D eigenvalue weighted by atomic mass is 32.2. The third-order valence-electron chi connectivity index (χ3n) is 4.00. The van der Waals surface area contributed by atoms with Crippen LogP contribution in [0.5, 0.6) is 0 Å². The number of H-pyrrole nitrogens is 1. The lowest BCUT2D eigenvalue weighted by Gasteiger charge is -2.06. The van der Waals surface area contributed by atoms with Crippen LogP contribution in [0.4, 0.5) is 4.39 Å². The molecule has 6 nitrogen and oxygen atoms in total. The van der Waals surface area contributed by atoms with Gasteiger partial charge >= 0.3 is 0 Å². The minimum absolute atomic E-state index is 0.253. The summed E-state index contributed by atoms with van der Waals surface area (Å²) in [5, 5.41) is 14.0. The molecule has 27 heavy (non-hydrogen) atoms. The summed E-state index contributed by atoms with van der Waals surface area (Å²) < 4.78 is 36.7. The van der Waals surface area contributed by atoms with E-state index in [4.69, 9.17) is 0 Å². The number of thiophene rings is 1. The minimum Gasteiger partial charge on any atom is -0.224 e. The Balaban J connectivity index is 1.86. The van der Waals surface area contributed by atoms with Crippen molar-refractivity contribution in [3.63, 3.8) is 0 Å². The first-order chi connectivity index (χ1) is 12.9. The lowest BCUT2D eigenvalue weighted by Crippen LogP contribution is -1.96. The maximum absolute atomic E-state index is 13.3. The summed E-state index contributed by atoms with van der Waals surface area (Å²) in [5.74, 6) is 0.148. The van der Waals surface area contributed by atoms with Crippen LogP contribution >= 0.6 is 11.3 Å². The largest absolute Gasteiger partial charge is 0.224 e. The molecule has 0 bridgehead atoms. The number of aromatic amines is 1. The number of tetrazole rings is 1. The lowest BCUT2D eigenvalue weighted by atomic mass is 10.0. The fraction of sp³-hybridized carbons (Fsp3) is 0.0556. The second-order valence-electron chi connectivity index (χ2n) is 5.89. The van der Waals surface area contributed by atoms with E-state index in [1.165, 1.54) is 29.7 Å². The Kier molecular flexibility index (Phi) is 4.33. The molecule has 9 heteroatoms. The molecular weight excluding hydrogens is 387 g/mol. The number of nitrogens with zero attached hydrogens (tertiary/aromatic N) is 3. The molecule has 4 rings (SSSR count). The van der Waals surface area contributed by atoms with Crippen molar-refractivity contribution >= 4 is 21.2 Å². The maximum atomic E-state index is 13.3. The summed E-state index contributed by atoms with van der Waals surface area (Å²) in [7, 11) is -3.27. The van der Waals surface area contributed by atoms with E-state index in [2.05, 4.69) is 20.6 Å². The van der Waals surface area contributed by atoms with Gasteiger partial charge in [-0.15, -0.1) is 21.5 Å². The Morgan fingerprint density at radius 2 is 1.67 bits per heavy atom. The van der Waals surface area contributed by atoms with Crippen molar-refractivity contribution in [2.24, 2.45) is 0 Å². The number of benzene rings is 2. The molecule has 2 aromatic heterocycles. The number of aromatic nitrogens is 4. The van der Waals surface area contributed by atoms with Crippen molar-refractivity contribution in [2.75, 3.05) is 6.26 Å². The van der Waals surface area contributed by atoms with E-state index in [0.29, 0.717) is 5.82 Å². The summed E-state index contributed by atoms with van der Waals surface area (Å²) >= 11 is 1.46. The molecule has 136 valence electrons. The van der Waals surface area contributed by atoms with Gasteiger partial charge in [-0.2, -0.15) is 5.21 Å². The van der Waals surface area contributed by atoms with Crippen molar-refractivity contribution < 1.29 is 12.8 Å². The number of halogens is 1. The number of sulfone groups is 1. The molecular formula is C18H13FN4O2S2. The van der Waals surface area contributed by atoms with Crippen LogP contribution in [0.15, 0.2) is 59.5 Å². The standard InChI is InChI=1S/C18H13FN4O2S2/c1-27(24,25)14-8-4-11(5-9-14)15-10-16(18-20-22-23-21-18)26-17(15)12-2-6-13(19)7-3-12/h2-10H,1H3,(H,20,21,22,23). The predicted molar refractivity (Wildman–Crippen MR) is 101 cm³/mol. The van der Waals surface area contributed by atoms with Crippen molar-refractivity contribution in [1.29, 1.82) is 0 Å². The van der Waals surface area contributed by atoms with Crippen molar-refractivity contribution in [3.8, 4) is 32.3 Å². The van der Waals surface area contributed by atoms with Gasteiger partial charge in [0, 0.05) is 16.7 Å². The number of hydrogen-bond acceptors (Lipinski definition) is 6. The molecule has 0 saturated carbocycles. The Bertz CT molecular complexity index is 1180. The first-order valence-electron chi connectivity index (χ1n) is 7.86. The van der Waals surface area contributed by atoms with E-state index in [9.17, 15) is 12.8 Å². The zero-order valence-corrected chi connectivity index (χ0v) is 15.7. The summed E-state index contributed by atoms with van der Waals surface area (Å²) in [6.07, 6.45) is 1.17. The zero-order valence-electron chi connectivity index (χ0n) is 14.0. The quantitative estimate of drug-likeness (QED) is 0.563. The number of nitrogens with one attached hydrogen (secondary N) is 1. The SMILES string of the molecule is CS(=O)(=O)c1ccc(-c2cc(-c3nn[nH]n3)sc2-c2ccc(F)cc2)cc1. The first kappa shape index (κ1) is 17.5. The summed E-state index contributed by atoms with van der Waals surface area (Å²) in [6.45, 7) is 0. The van der Waals surface area contributed by atoms with Crippen LogP contribution in [0.25, 0.3) is 32.3 Å². The molecule has 0 spiro atoms. The fourth-order valence-corrected chi connectivity index (χ4v) is 4.42. The van der Waals surface area contributed by atoms with E-state index >= 15 is 0 Å². The monoisotopic (exact) mass is 400 g/mol. The van der Waals surface area contributed by atoms with Gasteiger partial charge in [0.25, 0.3) is 0 Å². The molecule has 0 fully saturated rings. The second kappa shape index (κ2) is 6.67. The van der Waals surface area contributed by atoms with Gasteiger partial charge in [-0.25, -0.2) is 12.8 Å². The van der Waals surface area contributed by atoms with Crippen LogP contribution in [0.1, 0.15) is 0 Å². The zero-order chi connectivity index (χ0) is 19.0. The molecule has 2 aromatic carbocycles. The second-order valence-corrected chi connectivity index (χ2v) is 8.96. The van der Waals surface area contributed by atoms with Gasteiger partial charge in [0.2, 0.25) is 5.82 Å². The van der Waals surface area contributed by atoms with Crippen molar-refractivity contribution in [1.82, 2.24) is 20.6 Å². The van der Waals surface area contributed by atoms with Crippen LogP contribution in [0.2, 0.25) is 0 Å². The highest BCUT2D eigenvalue weighted by Crippen LogP contribution is 2.42. The molecule has 1 N–H and O–H groups in total. The van der Waals surface area contributed by atoms with E-state index in [0.717, 1.165) is 26.4 Å². The molecule has 0 aliphatic rings. The molecule has 0 saturated heterocycles. The van der Waals surface area contributed by atoms with Gasteiger partial charge in [0.1, 0.15) is 5.82 Å². The Morgan fingerprint density at radius 1 is 1.00 bits per heavy atom. The molecule has 0 aliphatic heterocycles. The van der Waals surface area contributed by atoms with Crippen LogP contribution in [0.3, 0.4) is 0 Å². The van der Waals surface area contributed by atoms with Crippen LogP contribution in [0, 0.1) is 5.82 Å². The van der Waals surface area contributed by atoms with Gasteiger partial charge in [-0.05, 0) is 46.7 Å².